The molecule has 0 aromatic carbocycles. The van der Waals surface area contributed by atoms with Crippen LogP contribution < -0.4 is 4.90 Å². The van der Waals surface area contributed by atoms with E-state index in [0.717, 1.165) is 35.0 Å². The highest BCUT2D eigenvalue weighted by molar-refractivity contribution is 9.09. The van der Waals surface area contributed by atoms with Crippen molar-refractivity contribution >= 4 is 32.4 Å². The van der Waals surface area contributed by atoms with Crippen LogP contribution in [0.2, 0.25) is 0 Å². The summed E-state index contributed by atoms with van der Waals surface area (Å²) in [5.74, 6) is 0. The summed E-state index contributed by atoms with van der Waals surface area (Å²) in [4.78, 5) is 2.26. The summed E-state index contributed by atoms with van der Waals surface area (Å²) in [6.45, 7) is 6.18. The Hall–Kier alpha value is -0.160. The second kappa shape index (κ2) is 5.54. The number of halogens is 1. The maximum atomic E-state index is 4.12. The quantitative estimate of drug-likeness (QED) is 0.765. The zero-order chi connectivity index (χ0) is 9.68. The van der Waals surface area contributed by atoms with Gasteiger partial charge < -0.3 is 4.90 Å². The van der Waals surface area contributed by atoms with Crippen molar-refractivity contribution < 1.29 is 0 Å². The molecule has 0 aliphatic heterocycles. The van der Waals surface area contributed by atoms with Crippen molar-refractivity contribution in [1.82, 2.24) is 10.2 Å². The van der Waals surface area contributed by atoms with Gasteiger partial charge >= 0.3 is 0 Å². The molecule has 0 N–H and O–H groups in total. The number of alkyl halides is 1. The Labute approximate surface area is 91.3 Å². The first-order valence-electron chi connectivity index (χ1n) is 4.39. The summed E-state index contributed by atoms with van der Waals surface area (Å²) in [6, 6.07) is 0. The smallest absolute Gasteiger partial charge is 0.208 e. The minimum absolute atomic E-state index is 1.00. The van der Waals surface area contributed by atoms with Crippen LogP contribution in [0, 0.1) is 6.92 Å². The molecule has 0 saturated carbocycles. The molecule has 3 nitrogen and oxygen atoms in total. The first-order valence-corrected chi connectivity index (χ1v) is 6.32. The van der Waals surface area contributed by atoms with Crippen molar-refractivity contribution in [2.75, 3.05) is 23.3 Å². The number of aryl methyl sites for hydroxylation is 1. The van der Waals surface area contributed by atoms with Crippen molar-refractivity contribution in [2.45, 2.75) is 20.3 Å². The zero-order valence-electron chi connectivity index (χ0n) is 7.96. The van der Waals surface area contributed by atoms with E-state index in [2.05, 4.69) is 38.0 Å². The number of hydrogen-bond acceptors (Lipinski definition) is 4. The first-order chi connectivity index (χ1) is 6.27. The van der Waals surface area contributed by atoms with Gasteiger partial charge in [0.2, 0.25) is 5.13 Å². The van der Waals surface area contributed by atoms with Gasteiger partial charge in [-0.2, -0.15) is 0 Å². The molecule has 1 rings (SSSR count). The number of nitrogens with zero attached hydrogens (tertiary/aromatic N) is 3. The van der Waals surface area contributed by atoms with Gasteiger partial charge in [-0.05, 0) is 20.3 Å². The third-order valence-electron chi connectivity index (χ3n) is 1.73. The molecular formula is C8H14BrN3S. The third-order valence-corrected chi connectivity index (χ3v) is 3.19. The van der Waals surface area contributed by atoms with E-state index in [-0.39, 0.29) is 0 Å². The molecule has 1 aromatic heterocycles. The fourth-order valence-electron chi connectivity index (χ4n) is 1.05. The van der Waals surface area contributed by atoms with E-state index in [1.54, 1.807) is 11.3 Å². The van der Waals surface area contributed by atoms with Gasteiger partial charge in [0.15, 0.2) is 0 Å². The van der Waals surface area contributed by atoms with Gasteiger partial charge in [0.1, 0.15) is 5.01 Å². The summed E-state index contributed by atoms with van der Waals surface area (Å²) in [7, 11) is 0. The van der Waals surface area contributed by atoms with Crippen LogP contribution in [0.4, 0.5) is 5.13 Å². The molecule has 13 heavy (non-hydrogen) atoms. The standard InChI is InChI=1S/C8H14BrN3S/c1-3-12(6-4-5-9)8-11-10-7(2)13-8/h3-6H2,1-2H3. The lowest BCUT2D eigenvalue weighted by Crippen LogP contribution is -2.23. The van der Waals surface area contributed by atoms with Gasteiger partial charge in [0, 0.05) is 18.4 Å². The molecule has 0 amide bonds. The number of rotatable bonds is 5. The van der Waals surface area contributed by atoms with Crippen molar-refractivity contribution in [3.05, 3.63) is 5.01 Å². The Morgan fingerprint density at radius 3 is 2.69 bits per heavy atom. The van der Waals surface area contributed by atoms with Crippen LogP contribution >= 0.6 is 27.3 Å². The van der Waals surface area contributed by atoms with Crippen LogP contribution in [0.15, 0.2) is 0 Å². The molecular weight excluding hydrogens is 250 g/mol. The summed E-state index contributed by atoms with van der Waals surface area (Å²) < 4.78 is 0. The predicted molar refractivity (Wildman–Crippen MR) is 60.9 cm³/mol. The highest BCUT2D eigenvalue weighted by atomic mass is 79.9. The Morgan fingerprint density at radius 2 is 2.23 bits per heavy atom. The number of aromatic nitrogens is 2. The molecule has 0 unspecified atom stereocenters. The van der Waals surface area contributed by atoms with Crippen molar-refractivity contribution in [3.8, 4) is 0 Å². The van der Waals surface area contributed by atoms with E-state index >= 15 is 0 Å². The van der Waals surface area contributed by atoms with Gasteiger partial charge in [-0.25, -0.2) is 0 Å². The number of anilines is 1. The topological polar surface area (TPSA) is 29.0 Å². The van der Waals surface area contributed by atoms with E-state index in [4.69, 9.17) is 0 Å². The lowest BCUT2D eigenvalue weighted by molar-refractivity contribution is 0.786. The van der Waals surface area contributed by atoms with Crippen molar-refractivity contribution in [2.24, 2.45) is 0 Å². The summed E-state index contributed by atoms with van der Waals surface area (Å²) in [5, 5.41) is 11.2. The second-order valence-electron chi connectivity index (χ2n) is 2.73. The molecule has 0 spiro atoms. The highest BCUT2D eigenvalue weighted by Gasteiger charge is 2.07. The van der Waals surface area contributed by atoms with Crippen LogP contribution in [-0.4, -0.2) is 28.6 Å². The van der Waals surface area contributed by atoms with E-state index in [0.29, 0.717) is 0 Å². The first kappa shape index (κ1) is 10.9. The third kappa shape index (κ3) is 3.23. The van der Waals surface area contributed by atoms with E-state index in [1.165, 1.54) is 0 Å². The summed E-state index contributed by atoms with van der Waals surface area (Å²) >= 11 is 5.08. The van der Waals surface area contributed by atoms with Gasteiger partial charge in [-0.1, -0.05) is 27.3 Å². The Bertz CT molecular complexity index is 251. The zero-order valence-corrected chi connectivity index (χ0v) is 10.4. The molecule has 1 heterocycles. The van der Waals surface area contributed by atoms with Crippen LogP contribution in [-0.2, 0) is 0 Å². The lowest BCUT2D eigenvalue weighted by atomic mass is 10.4. The largest absolute Gasteiger partial charge is 0.347 e. The normalized spacial score (nSPS) is 10.4. The maximum Gasteiger partial charge on any atom is 0.208 e. The molecule has 0 aliphatic rings. The van der Waals surface area contributed by atoms with E-state index in [1.807, 2.05) is 6.92 Å². The van der Waals surface area contributed by atoms with E-state index in [9.17, 15) is 0 Å². The Kier molecular flexibility index (Phi) is 4.66. The van der Waals surface area contributed by atoms with Gasteiger partial charge in [0.25, 0.3) is 0 Å². The lowest BCUT2D eigenvalue weighted by Gasteiger charge is -2.17. The van der Waals surface area contributed by atoms with Crippen LogP contribution in [0.3, 0.4) is 0 Å². The highest BCUT2D eigenvalue weighted by Crippen LogP contribution is 2.19. The molecule has 74 valence electrons. The molecule has 0 radical (unpaired) electrons. The van der Waals surface area contributed by atoms with Gasteiger partial charge in [-0.15, -0.1) is 10.2 Å². The summed E-state index contributed by atoms with van der Waals surface area (Å²) in [5.41, 5.74) is 0. The van der Waals surface area contributed by atoms with Gasteiger partial charge in [-0.3, -0.25) is 0 Å². The minimum atomic E-state index is 1.00. The molecule has 0 bridgehead atoms. The molecule has 0 fully saturated rings. The maximum absolute atomic E-state index is 4.12. The average Bonchev–Trinajstić information content (AvgIpc) is 2.54. The van der Waals surface area contributed by atoms with Crippen molar-refractivity contribution in [1.29, 1.82) is 0 Å². The Balaban J connectivity index is 2.56. The molecule has 1 aromatic rings. The summed E-state index contributed by atoms with van der Waals surface area (Å²) in [6.07, 6.45) is 1.15. The SMILES string of the molecule is CCN(CCCBr)c1nnc(C)s1. The fourth-order valence-corrected chi connectivity index (χ4v) is 2.08. The average molecular weight is 264 g/mol. The van der Waals surface area contributed by atoms with Crippen molar-refractivity contribution in [3.63, 3.8) is 0 Å². The molecule has 0 atom stereocenters. The van der Waals surface area contributed by atoms with Crippen LogP contribution in [0.5, 0.6) is 0 Å². The fraction of sp³-hybridized carbons (Fsp3) is 0.750. The molecule has 0 saturated heterocycles. The monoisotopic (exact) mass is 263 g/mol. The number of hydrogen-bond donors (Lipinski definition) is 0. The molecule has 5 heteroatoms. The second-order valence-corrected chi connectivity index (χ2v) is 4.68. The minimum Gasteiger partial charge on any atom is -0.347 e. The van der Waals surface area contributed by atoms with Gasteiger partial charge in [0.05, 0.1) is 0 Å². The van der Waals surface area contributed by atoms with Crippen LogP contribution in [0.1, 0.15) is 18.4 Å². The van der Waals surface area contributed by atoms with E-state index < -0.39 is 0 Å². The van der Waals surface area contributed by atoms with Crippen LogP contribution in [0.25, 0.3) is 0 Å². The predicted octanol–water partition coefficient (Wildman–Crippen LogP) is 2.46. The molecule has 0 aliphatic carbocycles. The Morgan fingerprint density at radius 1 is 1.46 bits per heavy atom.